The van der Waals surface area contributed by atoms with Crippen LogP contribution in [0.1, 0.15) is 35.5 Å². The summed E-state index contributed by atoms with van der Waals surface area (Å²) in [7, 11) is 0. The van der Waals surface area contributed by atoms with Gasteiger partial charge in [-0.25, -0.2) is 9.48 Å². The number of benzene rings is 2. The number of hydrogen-bond donors (Lipinski definition) is 2. The Kier molecular flexibility index (Phi) is 7.77. The summed E-state index contributed by atoms with van der Waals surface area (Å²) in [5.74, 6) is -0.171. The second kappa shape index (κ2) is 10.5. The van der Waals surface area contributed by atoms with Gasteiger partial charge in [0.2, 0.25) is 0 Å². The number of amides is 2. The minimum atomic E-state index is -0.554. The first-order chi connectivity index (χ1) is 15.2. The Hall–Kier alpha value is -3.03. The van der Waals surface area contributed by atoms with Crippen LogP contribution in [0.15, 0.2) is 48.5 Å². The maximum Gasteiger partial charge on any atom is 0.411 e. The molecule has 2 aromatic carbocycles. The summed E-state index contributed by atoms with van der Waals surface area (Å²) in [5, 5.41) is 10.6. The van der Waals surface area contributed by atoms with E-state index in [2.05, 4.69) is 15.7 Å². The van der Waals surface area contributed by atoms with Crippen molar-refractivity contribution in [1.29, 1.82) is 0 Å². The molecule has 0 saturated heterocycles. The second-order valence-electron chi connectivity index (χ2n) is 7.65. The summed E-state index contributed by atoms with van der Waals surface area (Å²) in [5.41, 5.74) is 2.59. The Balaban J connectivity index is 1.72. The number of rotatable bonds is 7. The maximum absolute atomic E-state index is 12.9. The number of nitrogens with one attached hydrogen (secondary N) is 2. The predicted molar refractivity (Wildman–Crippen MR) is 127 cm³/mol. The molecule has 0 aliphatic heterocycles. The van der Waals surface area contributed by atoms with Gasteiger partial charge >= 0.3 is 6.09 Å². The molecule has 0 atom stereocenters. The van der Waals surface area contributed by atoms with Crippen LogP contribution in [0, 0.1) is 12.8 Å². The smallest absolute Gasteiger partial charge is 0.411 e. The van der Waals surface area contributed by atoms with Gasteiger partial charge in [0.25, 0.3) is 5.91 Å². The molecular weight excluding hydrogens is 451 g/mol. The van der Waals surface area contributed by atoms with Crippen LogP contribution in [0.3, 0.4) is 0 Å². The zero-order chi connectivity index (χ0) is 23.3. The first-order valence-electron chi connectivity index (χ1n) is 10.1. The number of halogens is 2. The highest BCUT2D eigenvalue weighted by Crippen LogP contribution is 2.25. The number of anilines is 2. The number of nitrogens with zero attached hydrogens (tertiary/aromatic N) is 2. The van der Waals surface area contributed by atoms with E-state index in [9.17, 15) is 9.59 Å². The fraction of sp³-hybridized carbons (Fsp3) is 0.261. The molecule has 0 aliphatic rings. The third kappa shape index (κ3) is 6.02. The zero-order valence-electron chi connectivity index (χ0n) is 18.0. The van der Waals surface area contributed by atoms with Gasteiger partial charge < -0.3 is 10.1 Å². The monoisotopic (exact) mass is 474 g/mol. The van der Waals surface area contributed by atoms with Crippen LogP contribution in [0.4, 0.5) is 16.2 Å². The number of carbonyl (C=O) groups is 2. The Bertz CT molecular complexity index is 1130. The van der Waals surface area contributed by atoms with Gasteiger partial charge in [-0.3, -0.25) is 10.1 Å². The van der Waals surface area contributed by atoms with Crippen LogP contribution in [0.2, 0.25) is 10.2 Å². The molecule has 3 rings (SSSR count). The van der Waals surface area contributed by atoms with Crippen molar-refractivity contribution in [1.82, 2.24) is 9.78 Å². The van der Waals surface area contributed by atoms with E-state index in [1.807, 2.05) is 32.0 Å². The molecule has 1 aromatic heterocycles. The average molecular weight is 475 g/mol. The van der Waals surface area contributed by atoms with Crippen molar-refractivity contribution in [3.8, 4) is 0 Å². The molecule has 32 heavy (non-hydrogen) atoms. The molecule has 0 bridgehead atoms. The molecule has 0 aliphatic carbocycles. The normalized spacial score (nSPS) is 10.8. The van der Waals surface area contributed by atoms with Gasteiger partial charge in [-0.05, 0) is 42.7 Å². The highest BCUT2D eigenvalue weighted by molar-refractivity contribution is 6.34. The quantitative estimate of drug-likeness (QED) is 0.439. The van der Waals surface area contributed by atoms with Gasteiger partial charge in [0.15, 0.2) is 0 Å². The van der Waals surface area contributed by atoms with Crippen molar-refractivity contribution in [3.05, 3.63) is 75.5 Å². The second-order valence-corrected chi connectivity index (χ2v) is 8.42. The Morgan fingerprint density at radius 2 is 1.75 bits per heavy atom. The highest BCUT2D eigenvalue weighted by Gasteiger charge is 2.21. The molecule has 0 spiro atoms. The lowest BCUT2D eigenvalue weighted by Crippen LogP contribution is -2.17. The standard InChI is InChI=1S/C23H24Cl2N4O3/c1-14(2)13-32-23(31)27-18-9-6-8-17(11-18)26-22(30)20-15(3)28-29(21(20)25)12-16-7-4-5-10-19(16)24/h4-11,14H,12-13H2,1-3H3,(H,26,30)(H,27,31). The number of carbonyl (C=O) groups excluding carboxylic acids is 2. The van der Waals surface area contributed by atoms with Crippen molar-refractivity contribution in [3.63, 3.8) is 0 Å². The van der Waals surface area contributed by atoms with Gasteiger partial charge in [-0.2, -0.15) is 5.10 Å². The molecule has 0 saturated carbocycles. The van der Waals surface area contributed by atoms with Gasteiger partial charge in [-0.15, -0.1) is 0 Å². The van der Waals surface area contributed by atoms with Gasteiger partial charge in [0, 0.05) is 16.4 Å². The van der Waals surface area contributed by atoms with Crippen LogP contribution in [0.25, 0.3) is 0 Å². The molecule has 2 N–H and O–H groups in total. The van der Waals surface area contributed by atoms with Crippen LogP contribution in [-0.2, 0) is 11.3 Å². The molecule has 7 nitrogen and oxygen atoms in total. The zero-order valence-corrected chi connectivity index (χ0v) is 19.5. The average Bonchev–Trinajstić information content (AvgIpc) is 3.01. The fourth-order valence-corrected chi connectivity index (χ4v) is 3.48. The van der Waals surface area contributed by atoms with Crippen LogP contribution < -0.4 is 10.6 Å². The number of ether oxygens (including phenoxy) is 1. The number of hydrogen-bond acceptors (Lipinski definition) is 4. The Labute approximate surface area is 196 Å². The maximum atomic E-state index is 12.9. The van der Waals surface area contributed by atoms with E-state index < -0.39 is 12.0 Å². The van der Waals surface area contributed by atoms with Crippen LogP contribution >= 0.6 is 23.2 Å². The topological polar surface area (TPSA) is 85.3 Å². The van der Waals surface area contributed by atoms with Crippen molar-refractivity contribution in [2.45, 2.75) is 27.3 Å². The lowest BCUT2D eigenvalue weighted by molar-refractivity contribution is 0.102. The predicted octanol–water partition coefficient (Wildman–Crippen LogP) is 6.00. The van der Waals surface area contributed by atoms with E-state index in [1.165, 1.54) is 4.68 Å². The molecule has 168 valence electrons. The number of aryl methyl sites for hydroxylation is 1. The lowest BCUT2D eigenvalue weighted by atomic mass is 10.2. The van der Waals surface area contributed by atoms with Crippen LogP contribution in [0.5, 0.6) is 0 Å². The third-order valence-corrected chi connectivity index (χ3v) is 5.24. The van der Waals surface area contributed by atoms with Gasteiger partial charge in [-0.1, -0.05) is 61.3 Å². The van der Waals surface area contributed by atoms with Gasteiger partial charge in [0.1, 0.15) is 5.15 Å². The molecule has 1 heterocycles. The summed E-state index contributed by atoms with van der Waals surface area (Å²) in [6, 6.07) is 14.1. The van der Waals surface area contributed by atoms with E-state index in [0.29, 0.717) is 35.2 Å². The molecule has 2 amide bonds. The van der Waals surface area contributed by atoms with E-state index >= 15 is 0 Å². The van der Waals surface area contributed by atoms with E-state index in [-0.39, 0.29) is 16.6 Å². The SMILES string of the molecule is Cc1nn(Cc2ccccc2Cl)c(Cl)c1C(=O)Nc1cccc(NC(=O)OCC(C)C)c1. The molecule has 0 fully saturated rings. The molecular formula is C23H24Cl2N4O3. The summed E-state index contributed by atoms with van der Waals surface area (Å²) in [6.45, 7) is 6.27. The highest BCUT2D eigenvalue weighted by atomic mass is 35.5. The third-order valence-electron chi connectivity index (χ3n) is 4.49. The van der Waals surface area contributed by atoms with Crippen LogP contribution in [-0.4, -0.2) is 28.4 Å². The Morgan fingerprint density at radius 3 is 2.44 bits per heavy atom. The first-order valence-corrected chi connectivity index (χ1v) is 10.8. The summed E-state index contributed by atoms with van der Waals surface area (Å²) < 4.78 is 6.65. The summed E-state index contributed by atoms with van der Waals surface area (Å²) >= 11 is 12.7. The minimum Gasteiger partial charge on any atom is -0.449 e. The van der Waals surface area contributed by atoms with Crippen molar-refractivity contribution >= 4 is 46.6 Å². The lowest BCUT2D eigenvalue weighted by Gasteiger charge is -2.10. The Morgan fingerprint density at radius 1 is 1.06 bits per heavy atom. The molecule has 9 heteroatoms. The minimum absolute atomic E-state index is 0.214. The van der Waals surface area contributed by atoms with E-state index in [1.54, 1.807) is 37.3 Å². The van der Waals surface area contributed by atoms with Crippen molar-refractivity contribution in [2.24, 2.45) is 5.92 Å². The van der Waals surface area contributed by atoms with Gasteiger partial charge in [0.05, 0.1) is 24.4 Å². The van der Waals surface area contributed by atoms with Crippen molar-refractivity contribution < 1.29 is 14.3 Å². The fourth-order valence-electron chi connectivity index (χ4n) is 2.97. The summed E-state index contributed by atoms with van der Waals surface area (Å²) in [4.78, 5) is 24.8. The van der Waals surface area contributed by atoms with E-state index in [4.69, 9.17) is 27.9 Å². The number of aromatic nitrogens is 2. The summed E-state index contributed by atoms with van der Waals surface area (Å²) in [6.07, 6.45) is -0.554. The molecule has 0 unspecified atom stereocenters. The first kappa shape index (κ1) is 23.6. The largest absolute Gasteiger partial charge is 0.449 e. The molecule has 3 aromatic rings. The van der Waals surface area contributed by atoms with Crippen molar-refractivity contribution in [2.75, 3.05) is 17.2 Å². The van der Waals surface area contributed by atoms with E-state index in [0.717, 1.165) is 5.56 Å². The molecule has 0 radical (unpaired) electrons.